The SMILES string of the molecule is O=Cc1cn(Cc2c(Cl)cccc2Cl)c2cc(Cl)ccc12. The smallest absolute Gasteiger partial charge is 0.152 e. The van der Waals surface area contributed by atoms with Gasteiger partial charge in [0.15, 0.2) is 6.29 Å². The molecule has 0 amide bonds. The summed E-state index contributed by atoms with van der Waals surface area (Å²) in [6.07, 6.45) is 2.62. The molecule has 0 fully saturated rings. The first-order valence-corrected chi connectivity index (χ1v) is 7.40. The maximum absolute atomic E-state index is 11.2. The first kappa shape index (κ1) is 14.5. The summed E-state index contributed by atoms with van der Waals surface area (Å²) in [5.74, 6) is 0. The number of nitrogens with zero attached hydrogens (tertiary/aromatic N) is 1. The summed E-state index contributed by atoms with van der Waals surface area (Å²) in [5, 5.41) is 2.67. The van der Waals surface area contributed by atoms with Crippen molar-refractivity contribution in [2.75, 3.05) is 0 Å². The van der Waals surface area contributed by atoms with E-state index in [1.54, 1.807) is 30.5 Å². The van der Waals surface area contributed by atoms with Crippen LogP contribution in [0, 0.1) is 0 Å². The highest BCUT2D eigenvalue weighted by molar-refractivity contribution is 6.36. The third kappa shape index (κ3) is 2.67. The van der Waals surface area contributed by atoms with Crippen LogP contribution in [0.1, 0.15) is 15.9 Å². The zero-order valence-electron chi connectivity index (χ0n) is 10.8. The lowest BCUT2D eigenvalue weighted by molar-refractivity contribution is 0.112. The van der Waals surface area contributed by atoms with Gasteiger partial charge in [-0.05, 0) is 24.3 Å². The van der Waals surface area contributed by atoms with Gasteiger partial charge in [-0.15, -0.1) is 0 Å². The molecule has 5 heteroatoms. The number of rotatable bonds is 3. The van der Waals surface area contributed by atoms with Crippen molar-refractivity contribution in [2.24, 2.45) is 0 Å². The van der Waals surface area contributed by atoms with Crippen LogP contribution in [0.15, 0.2) is 42.6 Å². The van der Waals surface area contributed by atoms with Crippen molar-refractivity contribution in [3.05, 3.63) is 68.8 Å². The molecule has 3 aromatic rings. The number of hydrogen-bond donors (Lipinski definition) is 0. The molecule has 1 heterocycles. The van der Waals surface area contributed by atoms with Gasteiger partial charge in [0.2, 0.25) is 0 Å². The predicted octanol–water partition coefficient (Wildman–Crippen LogP) is 5.46. The van der Waals surface area contributed by atoms with Crippen LogP contribution in [0.3, 0.4) is 0 Å². The Morgan fingerprint density at radius 1 is 1.05 bits per heavy atom. The number of aromatic nitrogens is 1. The van der Waals surface area contributed by atoms with Gasteiger partial charge in [0, 0.05) is 37.8 Å². The maximum Gasteiger partial charge on any atom is 0.152 e. The summed E-state index contributed by atoms with van der Waals surface area (Å²) in [7, 11) is 0. The van der Waals surface area contributed by atoms with Crippen molar-refractivity contribution in [2.45, 2.75) is 6.54 Å². The molecule has 0 unspecified atom stereocenters. The number of fused-ring (bicyclic) bond motifs is 1. The number of carbonyl (C=O) groups is 1. The molecule has 0 N–H and O–H groups in total. The first-order valence-electron chi connectivity index (χ1n) is 6.26. The standard InChI is InChI=1S/C16H10Cl3NO/c17-11-4-5-12-10(9-21)7-20(16(12)6-11)8-13-14(18)2-1-3-15(13)19/h1-7,9H,8H2. The predicted molar refractivity (Wildman–Crippen MR) is 87.9 cm³/mol. The van der Waals surface area contributed by atoms with Crippen LogP contribution in [-0.2, 0) is 6.54 Å². The maximum atomic E-state index is 11.2. The summed E-state index contributed by atoms with van der Waals surface area (Å²) in [6, 6.07) is 10.8. The Labute approximate surface area is 136 Å². The number of benzene rings is 2. The molecule has 0 aliphatic rings. The second-order valence-corrected chi connectivity index (χ2v) is 5.94. The summed E-state index contributed by atoms with van der Waals surface area (Å²) in [6.45, 7) is 0.475. The molecule has 0 atom stereocenters. The van der Waals surface area contributed by atoms with Crippen LogP contribution >= 0.6 is 34.8 Å². The van der Waals surface area contributed by atoms with Crippen molar-refractivity contribution in [1.82, 2.24) is 4.57 Å². The molecular formula is C16H10Cl3NO. The molecule has 0 bridgehead atoms. The molecule has 106 valence electrons. The lowest BCUT2D eigenvalue weighted by Crippen LogP contribution is -1.99. The average Bonchev–Trinajstić information content (AvgIpc) is 2.80. The molecule has 0 saturated heterocycles. The highest BCUT2D eigenvalue weighted by Crippen LogP contribution is 2.29. The van der Waals surface area contributed by atoms with Crippen LogP contribution in [0.5, 0.6) is 0 Å². The van der Waals surface area contributed by atoms with Crippen molar-refractivity contribution < 1.29 is 4.79 Å². The fourth-order valence-corrected chi connectivity index (χ4v) is 3.06. The van der Waals surface area contributed by atoms with E-state index >= 15 is 0 Å². The van der Waals surface area contributed by atoms with E-state index in [9.17, 15) is 4.79 Å². The summed E-state index contributed by atoms with van der Waals surface area (Å²) < 4.78 is 1.93. The molecule has 0 aliphatic carbocycles. The Bertz CT molecular complexity index is 819. The van der Waals surface area contributed by atoms with E-state index in [1.165, 1.54) is 0 Å². The van der Waals surface area contributed by atoms with Crippen LogP contribution in [0.4, 0.5) is 0 Å². The highest BCUT2D eigenvalue weighted by atomic mass is 35.5. The highest BCUT2D eigenvalue weighted by Gasteiger charge is 2.12. The van der Waals surface area contributed by atoms with Gasteiger partial charge in [-0.25, -0.2) is 0 Å². The lowest BCUT2D eigenvalue weighted by Gasteiger charge is -2.09. The Morgan fingerprint density at radius 2 is 1.76 bits per heavy atom. The number of carbonyl (C=O) groups excluding carboxylic acids is 1. The molecule has 3 rings (SSSR count). The minimum absolute atomic E-state index is 0.475. The minimum atomic E-state index is 0.475. The molecule has 1 aromatic heterocycles. The van der Waals surface area contributed by atoms with Crippen molar-refractivity contribution >= 4 is 52.0 Å². The Kier molecular flexibility index (Phi) is 3.94. The number of hydrogen-bond acceptors (Lipinski definition) is 1. The van der Waals surface area contributed by atoms with Crippen LogP contribution < -0.4 is 0 Å². The van der Waals surface area contributed by atoms with E-state index in [0.717, 1.165) is 22.8 Å². The first-order chi connectivity index (χ1) is 10.1. The van der Waals surface area contributed by atoms with Crippen molar-refractivity contribution in [1.29, 1.82) is 0 Å². The summed E-state index contributed by atoms with van der Waals surface area (Å²) in [4.78, 5) is 11.2. The van der Waals surface area contributed by atoms with E-state index < -0.39 is 0 Å². The van der Waals surface area contributed by atoms with E-state index in [4.69, 9.17) is 34.8 Å². The fraction of sp³-hybridized carbons (Fsp3) is 0.0625. The van der Waals surface area contributed by atoms with Gasteiger partial charge >= 0.3 is 0 Å². The Hall–Kier alpha value is -1.48. The van der Waals surface area contributed by atoms with Gasteiger partial charge in [0.05, 0.1) is 12.1 Å². The molecular weight excluding hydrogens is 329 g/mol. The van der Waals surface area contributed by atoms with E-state index in [-0.39, 0.29) is 0 Å². The van der Waals surface area contributed by atoms with E-state index in [0.29, 0.717) is 27.2 Å². The lowest BCUT2D eigenvalue weighted by atomic mass is 10.2. The third-order valence-electron chi connectivity index (χ3n) is 3.39. The van der Waals surface area contributed by atoms with E-state index in [2.05, 4.69) is 0 Å². The van der Waals surface area contributed by atoms with Gasteiger partial charge in [-0.3, -0.25) is 4.79 Å². The van der Waals surface area contributed by atoms with Crippen LogP contribution in [0.25, 0.3) is 10.9 Å². The zero-order valence-corrected chi connectivity index (χ0v) is 13.1. The molecule has 2 aromatic carbocycles. The second-order valence-electron chi connectivity index (χ2n) is 4.69. The van der Waals surface area contributed by atoms with Crippen LogP contribution in [0.2, 0.25) is 15.1 Å². The normalized spacial score (nSPS) is 11.0. The second kappa shape index (κ2) is 5.72. The number of aldehydes is 1. The summed E-state index contributed by atoms with van der Waals surface area (Å²) >= 11 is 18.5. The molecule has 0 aliphatic heterocycles. The van der Waals surface area contributed by atoms with Gasteiger partial charge in [-0.2, -0.15) is 0 Å². The minimum Gasteiger partial charge on any atom is -0.342 e. The average molecular weight is 339 g/mol. The third-order valence-corrected chi connectivity index (χ3v) is 4.34. The molecule has 2 nitrogen and oxygen atoms in total. The summed E-state index contributed by atoms with van der Waals surface area (Å²) in [5.41, 5.74) is 2.31. The van der Waals surface area contributed by atoms with Gasteiger partial charge < -0.3 is 4.57 Å². The molecule has 0 saturated carbocycles. The Balaban J connectivity index is 2.17. The van der Waals surface area contributed by atoms with Crippen molar-refractivity contribution in [3.8, 4) is 0 Å². The topological polar surface area (TPSA) is 22.0 Å². The molecule has 21 heavy (non-hydrogen) atoms. The molecule has 0 spiro atoms. The Morgan fingerprint density at radius 3 is 2.43 bits per heavy atom. The van der Waals surface area contributed by atoms with E-state index in [1.807, 2.05) is 16.7 Å². The quantitative estimate of drug-likeness (QED) is 0.581. The van der Waals surface area contributed by atoms with Crippen molar-refractivity contribution in [3.63, 3.8) is 0 Å². The fourth-order valence-electron chi connectivity index (χ4n) is 2.37. The number of halogens is 3. The largest absolute Gasteiger partial charge is 0.342 e. The molecule has 0 radical (unpaired) electrons. The van der Waals surface area contributed by atoms with Gasteiger partial charge in [-0.1, -0.05) is 46.9 Å². The van der Waals surface area contributed by atoms with Crippen LogP contribution in [-0.4, -0.2) is 10.9 Å². The monoisotopic (exact) mass is 337 g/mol. The zero-order chi connectivity index (χ0) is 15.0. The van der Waals surface area contributed by atoms with Gasteiger partial charge in [0.25, 0.3) is 0 Å². The van der Waals surface area contributed by atoms with Gasteiger partial charge in [0.1, 0.15) is 0 Å².